The molecule has 0 aliphatic heterocycles. The van der Waals surface area contributed by atoms with Gasteiger partial charge in [0.15, 0.2) is 0 Å². The van der Waals surface area contributed by atoms with Crippen LogP contribution in [0.25, 0.3) is 0 Å². The monoisotopic (exact) mass is 229 g/mol. The van der Waals surface area contributed by atoms with Crippen molar-refractivity contribution in [1.82, 2.24) is 0 Å². The summed E-state index contributed by atoms with van der Waals surface area (Å²) in [4.78, 5) is 0. The third kappa shape index (κ3) is 2.72. The van der Waals surface area contributed by atoms with Crippen LogP contribution in [0.3, 0.4) is 0 Å². The highest BCUT2D eigenvalue weighted by Crippen LogP contribution is 2.27. The van der Waals surface area contributed by atoms with Crippen LogP contribution in [0.1, 0.15) is 0 Å². The molecule has 0 heterocycles. The van der Waals surface area contributed by atoms with Gasteiger partial charge in [-0.1, -0.05) is 6.07 Å². The molecule has 0 fully saturated rings. The quantitative estimate of drug-likeness (QED) is 0.419. The Bertz CT molecular complexity index is 567. The van der Waals surface area contributed by atoms with E-state index in [4.69, 9.17) is 5.73 Å². The summed E-state index contributed by atoms with van der Waals surface area (Å²) in [6.45, 7) is 0. The van der Waals surface area contributed by atoms with E-state index in [0.29, 0.717) is 17.1 Å². The summed E-state index contributed by atoms with van der Waals surface area (Å²) in [5.74, 6) is 0.0963. The van der Waals surface area contributed by atoms with E-state index >= 15 is 0 Å². The second kappa shape index (κ2) is 4.52. The lowest BCUT2D eigenvalue weighted by Gasteiger charge is -1.98. The SMILES string of the molecule is Nc1ccc(/N=N/c2cccc(O)c2)cc1O. The number of benzene rings is 2. The van der Waals surface area contributed by atoms with Gasteiger partial charge in [0.25, 0.3) is 0 Å². The van der Waals surface area contributed by atoms with Crippen molar-refractivity contribution >= 4 is 17.1 Å². The zero-order chi connectivity index (χ0) is 12.3. The molecule has 0 saturated carbocycles. The van der Waals surface area contributed by atoms with Crippen LogP contribution in [-0.4, -0.2) is 10.2 Å². The topological polar surface area (TPSA) is 91.2 Å². The van der Waals surface area contributed by atoms with E-state index in [-0.39, 0.29) is 11.5 Å². The van der Waals surface area contributed by atoms with Gasteiger partial charge in [-0.2, -0.15) is 10.2 Å². The Morgan fingerprint density at radius 2 is 1.59 bits per heavy atom. The highest BCUT2D eigenvalue weighted by molar-refractivity contribution is 5.58. The normalized spacial score (nSPS) is 10.8. The van der Waals surface area contributed by atoms with Crippen LogP contribution in [0, 0.1) is 0 Å². The Labute approximate surface area is 97.9 Å². The second-order valence-electron chi connectivity index (χ2n) is 3.46. The minimum absolute atomic E-state index is 0.0302. The molecule has 0 saturated heterocycles. The summed E-state index contributed by atoms with van der Waals surface area (Å²) in [6.07, 6.45) is 0. The maximum atomic E-state index is 9.37. The number of rotatable bonds is 2. The van der Waals surface area contributed by atoms with Crippen molar-refractivity contribution in [2.45, 2.75) is 0 Å². The maximum absolute atomic E-state index is 9.37. The number of aromatic hydroxyl groups is 2. The molecule has 0 amide bonds. The van der Waals surface area contributed by atoms with Gasteiger partial charge >= 0.3 is 0 Å². The van der Waals surface area contributed by atoms with E-state index in [9.17, 15) is 10.2 Å². The van der Waals surface area contributed by atoms with Gasteiger partial charge in [-0.3, -0.25) is 0 Å². The molecule has 5 heteroatoms. The van der Waals surface area contributed by atoms with E-state index in [1.807, 2.05) is 0 Å². The van der Waals surface area contributed by atoms with Crippen molar-refractivity contribution < 1.29 is 10.2 Å². The fourth-order valence-electron chi connectivity index (χ4n) is 1.26. The Hall–Kier alpha value is -2.56. The van der Waals surface area contributed by atoms with E-state index < -0.39 is 0 Å². The van der Waals surface area contributed by atoms with E-state index in [1.165, 1.54) is 12.1 Å². The number of hydrogen-bond acceptors (Lipinski definition) is 5. The fraction of sp³-hybridized carbons (Fsp3) is 0. The number of nitrogens with zero attached hydrogens (tertiary/aromatic N) is 2. The van der Waals surface area contributed by atoms with Crippen LogP contribution < -0.4 is 5.73 Å². The number of azo groups is 1. The minimum Gasteiger partial charge on any atom is -0.508 e. The lowest BCUT2D eigenvalue weighted by Crippen LogP contribution is -1.83. The van der Waals surface area contributed by atoms with E-state index in [0.717, 1.165) is 0 Å². The molecule has 0 aliphatic carbocycles. The Morgan fingerprint density at radius 3 is 2.24 bits per heavy atom. The van der Waals surface area contributed by atoms with Crippen molar-refractivity contribution in [1.29, 1.82) is 0 Å². The van der Waals surface area contributed by atoms with Gasteiger partial charge in [0.2, 0.25) is 0 Å². The van der Waals surface area contributed by atoms with Crippen molar-refractivity contribution in [2.24, 2.45) is 10.2 Å². The molecule has 0 atom stereocenters. The first kappa shape index (κ1) is 10.9. The van der Waals surface area contributed by atoms with Crippen molar-refractivity contribution in [2.75, 3.05) is 5.73 Å². The van der Waals surface area contributed by atoms with E-state index in [2.05, 4.69) is 10.2 Å². The number of nitrogens with two attached hydrogens (primary N) is 1. The predicted octanol–water partition coefficient (Wildman–Crippen LogP) is 3.10. The molecule has 2 aromatic carbocycles. The molecule has 0 bridgehead atoms. The average molecular weight is 229 g/mol. The zero-order valence-corrected chi connectivity index (χ0v) is 8.91. The molecular weight excluding hydrogens is 218 g/mol. The maximum Gasteiger partial charge on any atom is 0.140 e. The van der Waals surface area contributed by atoms with Gasteiger partial charge in [0.1, 0.15) is 11.5 Å². The number of anilines is 1. The molecule has 0 unspecified atom stereocenters. The third-order valence-corrected chi connectivity index (χ3v) is 2.12. The molecule has 0 spiro atoms. The largest absolute Gasteiger partial charge is 0.508 e. The first-order chi connectivity index (χ1) is 8.15. The van der Waals surface area contributed by atoms with Crippen molar-refractivity contribution in [3.05, 3.63) is 42.5 Å². The highest BCUT2D eigenvalue weighted by atomic mass is 16.3. The fourth-order valence-corrected chi connectivity index (χ4v) is 1.26. The summed E-state index contributed by atoms with van der Waals surface area (Å²) < 4.78 is 0. The van der Waals surface area contributed by atoms with Gasteiger partial charge in [0.05, 0.1) is 17.1 Å². The second-order valence-corrected chi connectivity index (χ2v) is 3.46. The Balaban J connectivity index is 2.23. The molecule has 5 nitrogen and oxygen atoms in total. The highest BCUT2D eigenvalue weighted by Gasteiger charge is 1.98. The molecule has 4 N–H and O–H groups in total. The van der Waals surface area contributed by atoms with Crippen LogP contribution in [-0.2, 0) is 0 Å². The number of hydrogen-bond donors (Lipinski definition) is 3. The van der Waals surface area contributed by atoms with Gasteiger partial charge in [-0.15, -0.1) is 0 Å². The lowest BCUT2D eigenvalue weighted by molar-refractivity contribution is 0.475. The predicted molar refractivity (Wildman–Crippen MR) is 64.8 cm³/mol. The van der Waals surface area contributed by atoms with Crippen LogP contribution in [0.4, 0.5) is 17.1 Å². The molecule has 2 rings (SSSR count). The molecule has 0 radical (unpaired) electrons. The van der Waals surface area contributed by atoms with Gasteiger partial charge < -0.3 is 15.9 Å². The van der Waals surface area contributed by atoms with Crippen molar-refractivity contribution in [3.8, 4) is 11.5 Å². The lowest BCUT2D eigenvalue weighted by atomic mass is 10.3. The first-order valence-corrected chi connectivity index (χ1v) is 4.94. The van der Waals surface area contributed by atoms with Crippen LogP contribution >= 0.6 is 0 Å². The average Bonchev–Trinajstić information content (AvgIpc) is 2.31. The first-order valence-electron chi connectivity index (χ1n) is 4.94. The minimum atomic E-state index is -0.0302. The molecule has 2 aromatic rings. The molecule has 86 valence electrons. The standard InChI is InChI=1S/C12H11N3O2/c13-11-5-4-9(7-12(11)17)15-14-8-2-1-3-10(16)6-8/h1-7,16-17H,13H2/b15-14+. The molecule has 0 aromatic heterocycles. The summed E-state index contributed by atoms with van der Waals surface area (Å²) in [5, 5.41) is 26.4. The van der Waals surface area contributed by atoms with Gasteiger partial charge in [0, 0.05) is 12.1 Å². The van der Waals surface area contributed by atoms with E-state index in [1.54, 1.807) is 30.3 Å². The summed E-state index contributed by atoms with van der Waals surface area (Å²) >= 11 is 0. The number of phenols is 2. The number of phenolic OH excluding ortho intramolecular Hbond substituents is 2. The van der Waals surface area contributed by atoms with Crippen molar-refractivity contribution in [3.63, 3.8) is 0 Å². The van der Waals surface area contributed by atoms with Crippen LogP contribution in [0.2, 0.25) is 0 Å². The summed E-state index contributed by atoms with van der Waals surface area (Å²) in [5.41, 5.74) is 6.77. The van der Waals surface area contributed by atoms with Crippen LogP contribution in [0.5, 0.6) is 11.5 Å². The molecular formula is C12H11N3O2. The summed E-state index contributed by atoms with van der Waals surface area (Å²) in [6, 6.07) is 11.0. The molecule has 0 aliphatic rings. The van der Waals surface area contributed by atoms with Gasteiger partial charge in [-0.05, 0) is 24.3 Å². The van der Waals surface area contributed by atoms with Crippen LogP contribution in [0.15, 0.2) is 52.7 Å². The summed E-state index contributed by atoms with van der Waals surface area (Å²) in [7, 11) is 0. The third-order valence-electron chi connectivity index (χ3n) is 2.12. The Kier molecular flexibility index (Phi) is 2.91. The zero-order valence-electron chi connectivity index (χ0n) is 8.91. The Morgan fingerprint density at radius 1 is 0.882 bits per heavy atom. The number of nitrogen functional groups attached to an aromatic ring is 1. The molecule has 17 heavy (non-hydrogen) atoms. The smallest absolute Gasteiger partial charge is 0.140 e. The van der Waals surface area contributed by atoms with Gasteiger partial charge in [-0.25, -0.2) is 0 Å².